The SMILES string of the molecule is CCCCCCCOc1cc([N+](=O)[O-])cc(NN)n1. The van der Waals surface area contributed by atoms with Crippen LogP contribution in [0.15, 0.2) is 12.1 Å². The quantitative estimate of drug-likeness (QED) is 0.309. The van der Waals surface area contributed by atoms with Gasteiger partial charge < -0.3 is 10.2 Å². The van der Waals surface area contributed by atoms with Crippen molar-refractivity contribution in [2.75, 3.05) is 12.0 Å². The lowest BCUT2D eigenvalue weighted by Crippen LogP contribution is -2.10. The number of hydrogen-bond donors (Lipinski definition) is 2. The Morgan fingerprint density at radius 2 is 2.11 bits per heavy atom. The lowest BCUT2D eigenvalue weighted by molar-refractivity contribution is -0.384. The summed E-state index contributed by atoms with van der Waals surface area (Å²) in [5.74, 6) is 5.64. The molecule has 7 heteroatoms. The van der Waals surface area contributed by atoms with Gasteiger partial charge in [0.2, 0.25) is 5.88 Å². The van der Waals surface area contributed by atoms with Crippen LogP contribution in [-0.2, 0) is 0 Å². The monoisotopic (exact) mass is 268 g/mol. The minimum Gasteiger partial charge on any atom is -0.477 e. The van der Waals surface area contributed by atoms with E-state index in [0.717, 1.165) is 12.8 Å². The minimum absolute atomic E-state index is 0.0936. The normalized spacial score (nSPS) is 10.2. The van der Waals surface area contributed by atoms with Crippen molar-refractivity contribution in [1.82, 2.24) is 4.98 Å². The second-order valence-electron chi connectivity index (χ2n) is 4.21. The standard InChI is InChI=1S/C12H20N4O3/c1-2-3-4-5-6-7-19-12-9-10(16(17)18)8-11(14-12)15-13/h8-9H,2-7,13H2,1H3,(H,14,15). The number of unbranched alkanes of at least 4 members (excludes halogenated alkanes) is 4. The number of aromatic nitrogens is 1. The molecule has 1 aromatic heterocycles. The van der Waals surface area contributed by atoms with Gasteiger partial charge in [0.05, 0.1) is 23.7 Å². The van der Waals surface area contributed by atoms with Gasteiger partial charge in [-0.25, -0.2) is 5.84 Å². The first-order valence-electron chi connectivity index (χ1n) is 6.43. The molecule has 0 radical (unpaired) electrons. The molecule has 0 spiro atoms. The molecule has 106 valence electrons. The molecule has 1 heterocycles. The summed E-state index contributed by atoms with van der Waals surface area (Å²) in [6.45, 7) is 2.66. The number of nitrogens with zero attached hydrogens (tertiary/aromatic N) is 2. The molecule has 0 aliphatic carbocycles. The molecular formula is C12H20N4O3. The van der Waals surface area contributed by atoms with Crippen molar-refractivity contribution in [2.24, 2.45) is 5.84 Å². The van der Waals surface area contributed by atoms with Gasteiger partial charge in [0.25, 0.3) is 5.69 Å². The Kier molecular flexibility index (Phi) is 6.59. The molecule has 1 aromatic rings. The molecule has 0 aromatic carbocycles. The molecule has 19 heavy (non-hydrogen) atoms. The van der Waals surface area contributed by atoms with Crippen molar-refractivity contribution >= 4 is 11.5 Å². The largest absolute Gasteiger partial charge is 0.477 e. The van der Waals surface area contributed by atoms with Crippen LogP contribution in [0.4, 0.5) is 11.5 Å². The van der Waals surface area contributed by atoms with Crippen LogP contribution in [0, 0.1) is 10.1 Å². The fourth-order valence-electron chi connectivity index (χ4n) is 1.63. The molecule has 0 amide bonds. The predicted molar refractivity (Wildman–Crippen MR) is 73.0 cm³/mol. The molecule has 0 bridgehead atoms. The Bertz CT molecular complexity index is 412. The molecule has 0 saturated carbocycles. The van der Waals surface area contributed by atoms with Gasteiger partial charge in [0, 0.05) is 0 Å². The Morgan fingerprint density at radius 1 is 1.37 bits per heavy atom. The van der Waals surface area contributed by atoms with E-state index in [0.29, 0.717) is 6.61 Å². The van der Waals surface area contributed by atoms with E-state index in [-0.39, 0.29) is 17.4 Å². The number of ether oxygens (including phenoxy) is 1. The zero-order chi connectivity index (χ0) is 14.1. The van der Waals surface area contributed by atoms with Crippen LogP contribution in [-0.4, -0.2) is 16.5 Å². The van der Waals surface area contributed by atoms with Gasteiger partial charge in [0.15, 0.2) is 5.82 Å². The number of nitro groups is 1. The highest BCUT2D eigenvalue weighted by Crippen LogP contribution is 2.21. The Hall–Kier alpha value is -1.89. The number of hydrogen-bond acceptors (Lipinski definition) is 6. The third kappa shape index (κ3) is 5.52. The van der Waals surface area contributed by atoms with E-state index in [1.54, 1.807) is 0 Å². The average Bonchev–Trinajstić information content (AvgIpc) is 2.42. The molecule has 0 aliphatic rings. The number of pyridine rings is 1. The molecule has 0 atom stereocenters. The van der Waals surface area contributed by atoms with Crippen molar-refractivity contribution in [3.63, 3.8) is 0 Å². The number of nitrogen functional groups attached to an aromatic ring is 1. The fraction of sp³-hybridized carbons (Fsp3) is 0.583. The molecule has 1 rings (SSSR count). The van der Waals surface area contributed by atoms with Gasteiger partial charge in [-0.05, 0) is 6.42 Å². The van der Waals surface area contributed by atoms with E-state index in [1.165, 1.54) is 31.4 Å². The van der Waals surface area contributed by atoms with Crippen LogP contribution in [0.25, 0.3) is 0 Å². The van der Waals surface area contributed by atoms with E-state index in [2.05, 4.69) is 17.3 Å². The highest BCUT2D eigenvalue weighted by molar-refractivity contribution is 5.47. The summed E-state index contributed by atoms with van der Waals surface area (Å²) in [7, 11) is 0. The molecular weight excluding hydrogens is 248 g/mol. The zero-order valence-electron chi connectivity index (χ0n) is 11.1. The summed E-state index contributed by atoms with van der Waals surface area (Å²) in [5.41, 5.74) is 2.19. The lowest BCUT2D eigenvalue weighted by atomic mass is 10.2. The highest BCUT2D eigenvalue weighted by Gasteiger charge is 2.11. The summed E-state index contributed by atoms with van der Waals surface area (Å²) >= 11 is 0. The van der Waals surface area contributed by atoms with E-state index < -0.39 is 4.92 Å². The van der Waals surface area contributed by atoms with Crippen molar-refractivity contribution in [2.45, 2.75) is 39.0 Å². The molecule has 0 aliphatic heterocycles. The average molecular weight is 268 g/mol. The fourth-order valence-corrected chi connectivity index (χ4v) is 1.63. The van der Waals surface area contributed by atoms with E-state index >= 15 is 0 Å². The lowest BCUT2D eigenvalue weighted by Gasteiger charge is -2.07. The second-order valence-corrected chi connectivity index (χ2v) is 4.21. The second kappa shape index (κ2) is 8.25. The number of hydrazine groups is 1. The van der Waals surface area contributed by atoms with Crippen molar-refractivity contribution in [3.05, 3.63) is 22.2 Å². The van der Waals surface area contributed by atoms with Gasteiger partial charge in [-0.15, -0.1) is 0 Å². The van der Waals surface area contributed by atoms with Crippen LogP contribution in [0.2, 0.25) is 0 Å². The van der Waals surface area contributed by atoms with Crippen LogP contribution in [0.5, 0.6) is 5.88 Å². The molecule has 7 nitrogen and oxygen atoms in total. The zero-order valence-corrected chi connectivity index (χ0v) is 11.1. The third-order valence-corrected chi connectivity index (χ3v) is 2.64. The highest BCUT2D eigenvalue weighted by atomic mass is 16.6. The van der Waals surface area contributed by atoms with Gasteiger partial charge in [-0.1, -0.05) is 32.6 Å². The van der Waals surface area contributed by atoms with E-state index in [1.807, 2.05) is 0 Å². The van der Waals surface area contributed by atoms with Crippen LogP contribution in [0.1, 0.15) is 39.0 Å². The first-order chi connectivity index (χ1) is 9.17. The van der Waals surface area contributed by atoms with Crippen molar-refractivity contribution in [1.29, 1.82) is 0 Å². The smallest absolute Gasteiger partial charge is 0.278 e. The maximum Gasteiger partial charge on any atom is 0.278 e. The maximum absolute atomic E-state index is 10.7. The summed E-state index contributed by atoms with van der Waals surface area (Å²) in [5, 5.41) is 10.7. The molecule has 0 unspecified atom stereocenters. The van der Waals surface area contributed by atoms with Gasteiger partial charge in [0.1, 0.15) is 0 Å². The van der Waals surface area contributed by atoms with Gasteiger partial charge >= 0.3 is 0 Å². The summed E-state index contributed by atoms with van der Waals surface area (Å²) < 4.78 is 5.41. The van der Waals surface area contributed by atoms with E-state index in [4.69, 9.17) is 10.6 Å². The van der Waals surface area contributed by atoms with Gasteiger partial charge in [-0.3, -0.25) is 10.1 Å². The number of rotatable bonds is 9. The molecule has 0 saturated heterocycles. The number of nitrogens with one attached hydrogen (secondary N) is 1. The minimum atomic E-state index is -0.503. The van der Waals surface area contributed by atoms with Gasteiger partial charge in [-0.2, -0.15) is 4.98 Å². The number of nitrogens with two attached hydrogens (primary N) is 1. The third-order valence-electron chi connectivity index (χ3n) is 2.64. The Balaban J connectivity index is 2.48. The summed E-state index contributed by atoms with van der Waals surface area (Å²) in [4.78, 5) is 14.2. The van der Waals surface area contributed by atoms with Crippen LogP contribution < -0.4 is 16.0 Å². The Morgan fingerprint density at radius 3 is 2.74 bits per heavy atom. The van der Waals surface area contributed by atoms with Crippen LogP contribution >= 0.6 is 0 Å². The Labute approximate surface area is 112 Å². The van der Waals surface area contributed by atoms with Crippen molar-refractivity contribution in [3.8, 4) is 5.88 Å². The van der Waals surface area contributed by atoms with Crippen LogP contribution in [0.3, 0.4) is 0 Å². The van der Waals surface area contributed by atoms with E-state index in [9.17, 15) is 10.1 Å². The molecule has 0 fully saturated rings. The first-order valence-corrected chi connectivity index (χ1v) is 6.43. The predicted octanol–water partition coefficient (Wildman–Crippen LogP) is 2.62. The summed E-state index contributed by atoms with van der Waals surface area (Å²) in [6, 6.07) is 2.56. The molecule has 3 N–H and O–H groups in total. The van der Waals surface area contributed by atoms with Crippen molar-refractivity contribution < 1.29 is 9.66 Å². The summed E-state index contributed by atoms with van der Waals surface area (Å²) in [6.07, 6.45) is 5.59. The first kappa shape index (κ1) is 15.2. The maximum atomic E-state index is 10.7. The topological polar surface area (TPSA) is 103 Å². The number of anilines is 1.